The quantitative estimate of drug-likeness (QED) is 0.384. The minimum absolute atomic E-state index is 1.00. The normalized spacial score (nSPS) is 6.86. The Balaban J connectivity index is 0. The second kappa shape index (κ2) is 10.1. The summed E-state index contributed by atoms with van der Waals surface area (Å²) >= 11 is -2.13. The van der Waals surface area contributed by atoms with Gasteiger partial charge in [0, 0.05) is 0 Å². The van der Waals surface area contributed by atoms with Crippen molar-refractivity contribution in [3.8, 4) is 0 Å². The summed E-state index contributed by atoms with van der Waals surface area (Å²) in [7, 11) is 15.0. The summed E-state index contributed by atoms with van der Waals surface area (Å²) < 4.78 is 0. The Labute approximate surface area is 58.4 Å². The van der Waals surface area contributed by atoms with Crippen molar-refractivity contribution in [2.75, 3.05) is 0 Å². The van der Waals surface area contributed by atoms with E-state index in [2.05, 4.69) is 0 Å². The number of hydrogen-bond donors (Lipinski definition) is 0. The van der Waals surface area contributed by atoms with E-state index in [1.807, 2.05) is 0 Å². The van der Waals surface area contributed by atoms with Gasteiger partial charge in [0.2, 0.25) is 0 Å². The van der Waals surface area contributed by atoms with Gasteiger partial charge in [-0.25, -0.2) is 0 Å². The Morgan fingerprint density at radius 3 is 1.43 bits per heavy atom. The molecule has 0 amide bonds. The van der Waals surface area contributed by atoms with Crippen LogP contribution in [0.2, 0.25) is 0 Å². The Morgan fingerprint density at radius 1 is 1.43 bits per heavy atom. The van der Waals surface area contributed by atoms with Crippen LogP contribution in [0, 0.1) is 10.1 Å². The van der Waals surface area contributed by atoms with E-state index in [1.54, 1.807) is 0 Å². The number of nitrogens with zero attached hydrogens (tertiary/aromatic N) is 1. The molecule has 3 nitrogen and oxygen atoms in total. The molecule has 0 saturated carbocycles. The minimum atomic E-state index is -2.13. The molecule has 0 fully saturated rings. The molecule has 0 aromatic carbocycles. The summed E-state index contributed by atoms with van der Waals surface area (Å²) in [4.78, 5) is 8.00. The Morgan fingerprint density at radius 2 is 1.43 bits per heavy atom. The van der Waals surface area contributed by atoms with Gasteiger partial charge in [-0.15, -0.1) is 5.34 Å². The summed E-state index contributed by atoms with van der Waals surface area (Å²) in [6.45, 7) is 0. The van der Waals surface area contributed by atoms with Crippen molar-refractivity contribution in [3.05, 3.63) is 10.1 Å². The standard InChI is InChI=1S/3ClH.HNO2.Sn/c;;;2-1-3;/h3*1H;(H,2,3);/q;;;;+3/p-4. The molecule has 7 heavy (non-hydrogen) atoms. The molecule has 0 heterocycles. The van der Waals surface area contributed by atoms with Crippen molar-refractivity contribution in [1.82, 2.24) is 0 Å². The summed E-state index contributed by atoms with van der Waals surface area (Å²) in [5, 5.41) is 9.00. The average molecular weight is 271 g/mol. The number of rotatable bonds is 0. The molecule has 0 N–H and O–H groups in total. The summed E-state index contributed by atoms with van der Waals surface area (Å²) in [6.07, 6.45) is 0. The molecule has 0 spiro atoms. The van der Waals surface area contributed by atoms with Crippen LogP contribution in [0.4, 0.5) is 0 Å². The van der Waals surface area contributed by atoms with E-state index >= 15 is 0 Å². The van der Waals surface area contributed by atoms with Crippen LogP contribution in [0.15, 0.2) is 5.34 Å². The topological polar surface area (TPSA) is 52.5 Å². The van der Waals surface area contributed by atoms with Gasteiger partial charge < -0.3 is 10.1 Å². The fourth-order valence-electron chi connectivity index (χ4n) is 0. The van der Waals surface area contributed by atoms with Crippen LogP contribution in [0.25, 0.3) is 0 Å². The predicted molar refractivity (Wildman–Crippen MR) is 32.5 cm³/mol. The van der Waals surface area contributed by atoms with Crippen LogP contribution in [0.3, 0.4) is 0 Å². The zero-order valence-electron chi connectivity index (χ0n) is 2.90. The van der Waals surface area contributed by atoms with Crippen molar-refractivity contribution >= 4 is 43.1 Å². The van der Waals surface area contributed by atoms with E-state index in [-0.39, 0.29) is 0 Å². The fraction of sp³-hybridized carbons (Fsp3) is 0. The van der Waals surface area contributed by atoms with Gasteiger partial charge in [0.15, 0.2) is 0 Å². The molecule has 43 valence electrons. The molecule has 0 bridgehead atoms. The van der Waals surface area contributed by atoms with Gasteiger partial charge in [-0.2, -0.15) is 0 Å². The van der Waals surface area contributed by atoms with E-state index in [0.717, 1.165) is 5.34 Å². The Kier molecular flexibility index (Phi) is 15.8. The molecule has 0 aliphatic rings. The average Bonchev–Trinajstić information content (AvgIpc) is 1.33. The van der Waals surface area contributed by atoms with Gasteiger partial charge in [-0.3, -0.25) is 0 Å². The molecule has 0 unspecified atom stereocenters. The molecule has 0 aromatic heterocycles. The zero-order chi connectivity index (χ0) is 6.28. The van der Waals surface area contributed by atoms with Crippen LogP contribution in [0.1, 0.15) is 0 Å². The van der Waals surface area contributed by atoms with Gasteiger partial charge in [-0.05, 0) is 0 Å². The van der Waals surface area contributed by atoms with Crippen molar-refractivity contribution in [2.24, 2.45) is 5.34 Å². The summed E-state index contributed by atoms with van der Waals surface area (Å²) in [6, 6.07) is 0. The van der Waals surface area contributed by atoms with E-state index < -0.39 is 16.4 Å². The molecular weight excluding hydrogens is 271 g/mol. The first-order valence-electron chi connectivity index (χ1n) is 0.932. The van der Waals surface area contributed by atoms with E-state index in [9.17, 15) is 0 Å². The number of halogens is 3. The molecule has 1 radical (unpaired) electrons. The maximum absolute atomic E-state index is 8.00. The third kappa shape index (κ3) is 159. The van der Waals surface area contributed by atoms with Gasteiger partial charge >= 0.3 is 43.1 Å². The second-order valence-electron chi connectivity index (χ2n) is 0.289. The van der Waals surface area contributed by atoms with Gasteiger partial charge in [0.25, 0.3) is 0 Å². The molecule has 7 heteroatoms. The third-order valence-corrected chi connectivity index (χ3v) is 0. The van der Waals surface area contributed by atoms with Crippen molar-refractivity contribution in [1.29, 1.82) is 0 Å². The first kappa shape index (κ1) is 10.9. The molecular formula is Cl3NO2Sn-. The predicted octanol–water partition coefficient (Wildman–Crippen LogP) is 1.94. The van der Waals surface area contributed by atoms with Gasteiger partial charge in [0.05, 0.1) is 0 Å². The van der Waals surface area contributed by atoms with Gasteiger partial charge in [0.1, 0.15) is 0 Å². The van der Waals surface area contributed by atoms with Gasteiger partial charge in [-0.1, -0.05) is 0 Å². The second-order valence-corrected chi connectivity index (χ2v) is 13.0. The van der Waals surface area contributed by atoms with E-state index in [1.165, 1.54) is 0 Å². The van der Waals surface area contributed by atoms with E-state index in [4.69, 9.17) is 36.9 Å². The molecule has 0 atom stereocenters. The molecule has 0 saturated heterocycles. The molecule has 0 aliphatic heterocycles. The zero-order valence-corrected chi connectivity index (χ0v) is 8.02. The Hall–Kier alpha value is 1.07. The third-order valence-electron chi connectivity index (χ3n) is 0. The summed E-state index contributed by atoms with van der Waals surface area (Å²) in [5.41, 5.74) is 0. The summed E-state index contributed by atoms with van der Waals surface area (Å²) in [5.74, 6) is 0. The van der Waals surface area contributed by atoms with Crippen LogP contribution in [-0.2, 0) is 0 Å². The fourth-order valence-corrected chi connectivity index (χ4v) is 0. The Bertz CT molecular complexity index is 37.2. The number of hydrogen-bond acceptors (Lipinski definition) is 3. The monoisotopic (exact) mass is 271 g/mol. The van der Waals surface area contributed by atoms with Crippen molar-refractivity contribution < 1.29 is 0 Å². The first-order chi connectivity index (χ1) is 3.15. The first-order valence-corrected chi connectivity index (χ1v) is 11.8. The van der Waals surface area contributed by atoms with Crippen LogP contribution in [0.5, 0.6) is 0 Å². The SMILES string of the molecule is O=N[O-].[Cl][Sn]([Cl])[Cl]. The van der Waals surface area contributed by atoms with Crippen LogP contribution in [-0.4, -0.2) is 16.4 Å². The molecule has 0 aromatic rings. The molecule has 0 aliphatic carbocycles. The van der Waals surface area contributed by atoms with Crippen LogP contribution < -0.4 is 0 Å². The molecule has 0 rings (SSSR count). The van der Waals surface area contributed by atoms with E-state index in [0.29, 0.717) is 0 Å². The van der Waals surface area contributed by atoms with Crippen molar-refractivity contribution in [3.63, 3.8) is 0 Å². The maximum atomic E-state index is 8.00. The van der Waals surface area contributed by atoms with Crippen molar-refractivity contribution in [2.45, 2.75) is 0 Å². The van der Waals surface area contributed by atoms with Crippen LogP contribution >= 0.6 is 26.8 Å².